The van der Waals surface area contributed by atoms with Crippen LogP contribution in [0.1, 0.15) is 31.4 Å². The molecule has 0 aliphatic rings. The molecule has 0 aliphatic carbocycles. The number of carbonyl (C=O) groups is 2. The molecule has 6 heteroatoms. The van der Waals surface area contributed by atoms with Crippen molar-refractivity contribution in [2.45, 2.75) is 31.8 Å². The van der Waals surface area contributed by atoms with Crippen molar-refractivity contribution in [3.8, 4) is 0 Å². The summed E-state index contributed by atoms with van der Waals surface area (Å²) >= 11 is 0. The van der Waals surface area contributed by atoms with E-state index in [1.54, 1.807) is 24.3 Å². The molecule has 1 aromatic rings. The normalized spacial score (nSPS) is 13.3. The van der Waals surface area contributed by atoms with Crippen molar-refractivity contribution in [1.29, 1.82) is 0 Å². The molecule has 0 unspecified atom stereocenters. The summed E-state index contributed by atoms with van der Waals surface area (Å²) in [6, 6.07) is 7.01. The number of carbonyl (C=O) groups excluding carboxylic acids is 2. The Kier molecular flexibility index (Phi) is 7.42. The van der Waals surface area contributed by atoms with Crippen molar-refractivity contribution < 1.29 is 14.7 Å². The van der Waals surface area contributed by atoms with Gasteiger partial charge < -0.3 is 21.5 Å². The summed E-state index contributed by atoms with van der Waals surface area (Å²) in [7, 11) is 0. The van der Waals surface area contributed by atoms with Crippen molar-refractivity contribution in [3.05, 3.63) is 35.9 Å². The molecule has 0 saturated carbocycles. The first-order valence-electron chi connectivity index (χ1n) is 7.09. The monoisotopic (exact) mass is 293 g/mol. The average Bonchev–Trinajstić information content (AvgIpc) is 2.52. The van der Waals surface area contributed by atoms with E-state index in [0.717, 1.165) is 12.8 Å². The van der Waals surface area contributed by atoms with Crippen LogP contribution < -0.4 is 16.4 Å². The summed E-state index contributed by atoms with van der Waals surface area (Å²) in [6.07, 6.45) is 1.80. The predicted molar refractivity (Wildman–Crippen MR) is 80.3 cm³/mol. The van der Waals surface area contributed by atoms with Crippen LogP contribution in [0.3, 0.4) is 0 Å². The predicted octanol–water partition coefficient (Wildman–Crippen LogP) is 0.0798. The molecule has 5 N–H and O–H groups in total. The van der Waals surface area contributed by atoms with Crippen molar-refractivity contribution in [2.75, 3.05) is 13.2 Å². The number of rotatable bonds is 8. The van der Waals surface area contributed by atoms with Crippen molar-refractivity contribution >= 4 is 11.8 Å². The van der Waals surface area contributed by atoms with Crippen LogP contribution >= 0.6 is 0 Å². The zero-order valence-electron chi connectivity index (χ0n) is 12.2. The molecule has 2 amide bonds. The first kappa shape index (κ1) is 17.1. The van der Waals surface area contributed by atoms with Crippen LogP contribution in [0.25, 0.3) is 0 Å². The van der Waals surface area contributed by atoms with Gasteiger partial charge >= 0.3 is 0 Å². The molecule has 0 heterocycles. The Bertz CT molecular complexity index is 451. The highest BCUT2D eigenvalue weighted by Crippen LogP contribution is 2.09. The van der Waals surface area contributed by atoms with Crippen LogP contribution in [-0.2, 0) is 9.59 Å². The van der Waals surface area contributed by atoms with Gasteiger partial charge in [-0.2, -0.15) is 0 Å². The van der Waals surface area contributed by atoms with E-state index in [9.17, 15) is 14.7 Å². The third-order valence-corrected chi connectivity index (χ3v) is 3.09. The van der Waals surface area contributed by atoms with E-state index in [0.29, 0.717) is 12.1 Å². The Morgan fingerprint density at radius 3 is 2.48 bits per heavy atom. The average molecular weight is 293 g/mol. The van der Waals surface area contributed by atoms with E-state index in [1.165, 1.54) is 0 Å². The number of amides is 2. The van der Waals surface area contributed by atoms with Crippen molar-refractivity contribution in [3.63, 3.8) is 0 Å². The Morgan fingerprint density at radius 1 is 1.24 bits per heavy atom. The van der Waals surface area contributed by atoms with Gasteiger partial charge in [0.2, 0.25) is 11.8 Å². The second kappa shape index (κ2) is 9.10. The maximum atomic E-state index is 12.0. The van der Waals surface area contributed by atoms with Gasteiger partial charge in [-0.1, -0.05) is 43.7 Å². The number of hydrogen-bond donors (Lipinski definition) is 4. The fraction of sp³-hybridized carbons (Fsp3) is 0.467. The van der Waals surface area contributed by atoms with Crippen molar-refractivity contribution in [1.82, 2.24) is 10.6 Å². The van der Waals surface area contributed by atoms with E-state index in [1.807, 2.05) is 13.0 Å². The number of nitrogens with two attached hydrogens (primary N) is 1. The van der Waals surface area contributed by atoms with Crippen LogP contribution in [0.5, 0.6) is 0 Å². The topological polar surface area (TPSA) is 104 Å². The highest BCUT2D eigenvalue weighted by atomic mass is 16.3. The molecule has 2 atom stereocenters. The van der Waals surface area contributed by atoms with E-state index in [2.05, 4.69) is 10.6 Å². The SMILES string of the molecule is CCCCNC(=O)[C@H](CO)NC(=O)[C@H](N)c1ccccc1. The Hall–Kier alpha value is -1.92. The van der Waals surface area contributed by atoms with Gasteiger partial charge in [-0.05, 0) is 12.0 Å². The molecule has 0 saturated heterocycles. The maximum absolute atomic E-state index is 12.0. The fourth-order valence-corrected chi connectivity index (χ4v) is 1.78. The quantitative estimate of drug-likeness (QED) is 0.509. The number of aliphatic hydroxyl groups is 1. The van der Waals surface area contributed by atoms with Gasteiger partial charge in [-0.25, -0.2) is 0 Å². The molecule has 0 aromatic heterocycles. The lowest BCUT2D eigenvalue weighted by Gasteiger charge is -2.19. The minimum Gasteiger partial charge on any atom is -0.394 e. The van der Waals surface area contributed by atoms with Gasteiger partial charge in [0.25, 0.3) is 0 Å². The summed E-state index contributed by atoms with van der Waals surface area (Å²) in [5, 5.41) is 14.4. The number of aliphatic hydroxyl groups excluding tert-OH is 1. The number of nitrogens with one attached hydrogen (secondary N) is 2. The van der Waals surface area contributed by atoms with Crippen LogP contribution in [0.15, 0.2) is 30.3 Å². The first-order chi connectivity index (χ1) is 10.1. The lowest BCUT2D eigenvalue weighted by molar-refractivity contribution is -0.130. The summed E-state index contributed by atoms with van der Waals surface area (Å²) in [5.74, 6) is -0.898. The fourth-order valence-electron chi connectivity index (χ4n) is 1.78. The van der Waals surface area contributed by atoms with Gasteiger partial charge in [0, 0.05) is 6.54 Å². The minimum atomic E-state index is -0.982. The minimum absolute atomic E-state index is 0.403. The first-order valence-corrected chi connectivity index (χ1v) is 7.09. The van der Waals surface area contributed by atoms with Gasteiger partial charge in [-0.3, -0.25) is 9.59 Å². The van der Waals surface area contributed by atoms with Gasteiger partial charge in [0.05, 0.1) is 6.61 Å². The highest BCUT2D eigenvalue weighted by Gasteiger charge is 2.23. The number of unbranched alkanes of at least 4 members (excludes halogenated alkanes) is 1. The van der Waals surface area contributed by atoms with E-state index < -0.39 is 30.5 Å². The van der Waals surface area contributed by atoms with Crippen molar-refractivity contribution in [2.24, 2.45) is 5.73 Å². The second-order valence-electron chi connectivity index (χ2n) is 4.78. The van der Waals surface area contributed by atoms with E-state index in [4.69, 9.17) is 5.73 Å². The molecular formula is C15H23N3O3. The molecule has 6 nitrogen and oxygen atoms in total. The Morgan fingerprint density at radius 2 is 1.90 bits per heavy atom. The lowest BCUT2D eigenvalue weighted by atomic mass is 10.1. The number of hydrogen-bond acceptors (Lipinski definition) is 4. The summed E-state index contributed by atoms with van der Waals surface area (Å²) < 4.78 is 0. The van der Waals surface area contributed by atoms with Crippen LogP contribution in [0, 0.1) is 0 Å². The molecule has 0 fully saturated rings. The second-order valence-corrected chi connectivity index (χ2v) is 4.78. The molecule has 0 aliphatic heterocycles. The number of benzene rings is 1. The summed E-state index contributed by atoms with van der Waals surface area (Å²) in [5.41, 5.74) is 6.49. The summed E-state index contributed by atoms with van der Waals surface area (Å²) in [6.45, 7) is 2.06. The highest BCUT2D eigenvalue weighted by molar-refractivity contribution is 5.90. The zero-order valence-corrected chi connectivity index (χ0v) is 12.2. The zero-order chi connectivity index (χ0) is 15.7. The molecular weight excluding hydrogens is 270 g/mol. The third kappa shape index (κ3) is 5.53. The Balaban J connectivity index is 2.56. The molecule has 116 valence electrons. The third-order valence-electron chi connectivity index (χ3n) is 3.09. The van der Waals surface area contributed by atoms with Gasteiger partial charge in [0.15, 0.2) is 0 Å². The Labute approximate surface area is 124 Å². The molecule has 1 aromatic carbocycles. The standard InChI is InChI=1S/C15H23N3O3/c1-2-3-9-17-14(20)12(10-19)18-15(21)13(16)11-7-5-4-6-8-11/h4-8,12-13,19H,2-3,9-10,16H2,1H3,(H,17,20)(H,18,21)/t12-,13+/m0/s1. The van der Waals surface area contributed by atoms with E-state index >= 15 is 0 Å². The smallest absolute Gasteiger partial charge is 0.244 e. The maximum Gasteiger partial charge on any atom is 0.244 e. The van der Waals surface area contributed by atoms with Crippen LogP contribution in [0.2, 0.25) is 0 Å². The molecule has 0 bridgehead atoms. The van der Waals surface area contributed by atoms with Gasteiger partial charge in [-0.15, -0.1) is 0 Å². The summed E-state index contributed by atoms with van der Waals surface area (Å²) in [4.78, 5) is 23.8. The van der Waals surface area contributed by atoms with Gasteiger partial charge in [0.1, 0.15) is 12.1 Å². The molecule has 1 rings (SSSR count). The lowest BCUT2D eigenvalue weighted by Crippen LogP contribution is -2.51. The van der Waals surface area contributed by atoms with E-state index in [-0.39, 0.29) is 0 Å². The largest absolute Gasteiger partial charge is 0.394 e. The molecule has 0 spiro atoms. The molecule has 21 heavy (non-hydrogen) atoms. The van der Waals surface area contributed by atoms with Crippen LogP contribution in [0.4, 0.5) is 0 Å². The van der Waals surface area contributed by atoms with Crippen LogP contribution in [-0.4, -0.2) is 36.1 Å². The molecule has 0 radical (unpaired) electrons.